The molecule has 1 aliphatic heterocycles. The lowest BCUT2D eigenvalue weighted by atomic mass is 10.1. The molecule has 1 amide bonds. The van der Waals surface area contributed by atoms with Crippen molar-refractivity contribution in [1.82, 2.24) is 9.47 Å². The van der Waals surface area contributed by atoms with Gasteiger partial charge < -0.3 is 9.47 Å². The average Bonchev–Trinajstić information content (AvgIpc) is 2.91. The first-order valence-corrected chi connectivity index (χ1v) is 11.7. The van der Waals surface area contributed by atoms with Crippen LogP contribution >= 0.6 is 11.6 Å². The van der Waals surface area contributed by atoms with Crippen molar-refractivity contribution < 1.29 is 13.2 Å². The number of benzene rings is 2. The molecule has 1 atom stereocenters. The largest absolute Gasteiger partial charge is 0.350 e. The van der Waals surface area contributed by atoms with Crippen molar-refractivity contribution in [3.63, 3.8) is 0 Å². The lowest BCUT2D eigenvalue weighted by Gasteiger charge is -2.20. The molecular formula is C22H23ClN2O3S. The number of halogens is 1. The number of hydrogen-bond acceptors (Lipinski definition) is 3. The van der Waals surface area contributed by atoms with Gasteiger partial charge in [0.05, 0.1) is 17.4 Å². The molecule has 0 unspecified atom stereocenters. The predicted molar refractivity (Wildman–Crippen MR) is 116 cm³/mol. The number of carbonyl (C=O) groups excluding carboxylic acids is 1. The molecule has 5 nitrogen and oxygen atoms in total. The third-order valence-electron chi connectivity index (χ3n) is 5.67. The molecule has 0 saturated carbocycles. The van der Waals surface area contributed by atoms with Gasteiger partial charge in [-0.3, -0.25) is 4.79 Å². The van der Waals surface area contributed by atoms with E-state index in [9.17, 15) is 13.2 Å². The second-order valence-electron chi connectivity index (χ2n) is 7.51. The number of para-hydroxylation sites is 1. The number of hydrogen-bond donors (Lipinski definition) is 0. The first-order valence-electron chi connectivity index (χ1n) is 9.63. The van der Waals surface area contributed by atoms with Crippen molar-refractivity contribution in [2.75, 3.05) is 18.8 Å². The van der Waals surface area contributed by atoms with Gasteiger partial charge in [-0.25, -0.2) is 8.42 Å². The van der Waals surface area contributed by atoms with Crippen LogP contribution in [-0.2, 0) is 28.1 Å². The van der Waals surface area contributed by atoms with E-state index in [1.165, 1.54) is 0 Å². The van der Waals surface area contributed by atoms with Crippen LogP contribution in [0.15, 0.2) is 54.7 Å². The van der Waals surface area contributed by atoms with Gasteiger partial charge in [-0.05, 0) is 29.7 Å². The third kappa shape index (κ3) is 3.91. The molecule has 1 saturated heterocycles. The molecule has 1 fully saturated rings. The number of nitrogens with zero attached hydrogens (tertiary/aromatic N) is 2. The Morgan fingerprint density at radius 2 is 1.83 bits per heavy atom. The normalized spacial score (nSPS) is 19.2. The van der Waals surface area contributed by atoms with E-state index in [2.05, 4.69) is 0 Å². The zero-order valence-corrected chi connectivity index (χ0v) is 17.8. The predicted octanol–water partition coefficient (Wildman–Crippen LogP) is 3.76. The Kier molecular flexibility index (Phi) is 5.40. The fourth-order valence-electron chi connectivity index (χ4n) is 4.12. The number of aromatic nitrogens is 1. The van der Waals surface area contributed by atoms with Crippen LogP contribution in [0, 0.1) is 0 Å². The zero-order valence-electron chi connectivity index (χ0n) is 16.2. The van der Waals surface area contributed by atoms with E-state index in [-0.39, 0.29) is 24.6 Å². The SMILES string of the molecule is Cn1cc(CC(=O)N2CC[C@H](c3ccccc3Cl)S(=O)(=O)CC2)c2ccccc21. The van der Waals surface area contributed by atoms with Gasteiger partial charge in [0, 0.05) is 42.3 Å². The Hall–Kier alpha value is -2.31. The lowest BCUT2D eigenvalue weighted by molar-refractivity contribution is -0.130. The molecule has 4 rings (SSSR count). The highest BCUT2D eigenvalue weighted by molar-refractivity contribution is 7.91. The van der Waals surface area contributed by atoms with Gasteiger partial charge in [0.25, 0.3) is 0 Å². The summed E-state index contributed by atoms with van der Waals surface area (Å²) in [6.07, 6.45) is 2.59. The maximum Gasteiger partial charge on any atom is 0.227 e. The Bertz CT molecular complexity index is 1170. The van der Waals surface area contributed by atoms with Crippen LogP contribution in [0.1, 0.15) is 22.8 Å². The molecule has 1 aromatic heterocycles. The number of carbonyl (C=O) groups is 1. The number of sulfone groups is 1. The molecule has 0 spiro atoms. The first kappa shape index (κ1) is 20.0. The summed E-state index contributed by atoms with van der Waals surface area (Å²) in [6.45, 7) is 0.617. The van der Waals surface area contributed by atoms with Crippen LogP contribution in [0.25, 0.3) is 10.9 Å². The molecule has 3 aromatic rings. The highest BCUT2D eigenvalue weighted by atomic mass is 35.5. The lowest BCUT2D eigenvalue weighted by Crippen LogP contribution is -2.34. The highest BCUT2D eigenvalue weighted by Crippen LogP contribution is 2.34. The fourth-order valence-corrected chi connectivity index (χ4v) is 6.27. The second-order valence-corrected chi connectivity index (χ2v) is 10.2. The summed E-state index contributed by atoms with van der Waals surface area (Å²) in [5, 5.41) is 0.836. The van der Waals surface area contributed by atoms with Crippen LogP contribution in [0.2, 0.25) is 5.02 Å². The smallest absolute Gasteiger partial charge is 0.227 e. The van der Waals surface area contributed by atoms with Gasteiger partial charge >= 0.3 is 0 Å². The van der Waals surface area contributed by atoms with Crippen molar-refractivity contribution in [2.45, 2.75) is 18.1 Å². The van der Waals surface area contributed by atoms with Crippen molar-refractivity contribution >= 4 is 38.2 Å². The minimum atomic E-state index is -3.39. The molecular weight excluding hydrogens is 408 g/mol. The molecule has 0 aliphatic carbocycles. The van der Waals surface area contributed by atoms with E-state index in [4.69, 9.17) is 11.6 Å². The second kappa shape index (κ2) is 7.84. The van der Waals surface area contributed by atoms with E-state index < -0.39 is 15.1 Å². The number of aryl methyl sites for hydroxylation is 1. The summed E-state index contributed by atoms with van der Waals surface area (Å²) in [7, 11) is -1.43. The van der Waals surface area contributed by atoms with E-state index in [1.807, 2.05) is 42.1 Å². The highest BCUT2D eigenvalue weighted by Gasteiger charge is 2.33. The summed E-state index contributed by atoms with van der Waals surface area (Å²) in [4.78, 5) is 14.7. The minimum Gasteiger partial charge on any atom is -0.350 e. The summed E-state index contributed by atoms with van der Waals surface area (Å²) in [5.41, 5.74) is 2.66. The minimum absolute atomic E-state index is 0.0450. The molecule has 0 radical (unpaired) electrons. The van der Waals surface area contributed by atoms with Gasteiger partial charge in [0.2, 0.25) is 5.91 Å². The molecule has 2 heterocycles. The maximum atomic E-state index is 13.0. The Labute approximate surface area is 175 Å². The van der Waals surface area contributed by atoms with Crippen molar-refractivity contribution in [3.8, 4) is 0 Å². The third-order valence-corrected chi connectivity index (χ3v) is 8.12. The monoisotopic (exact) mass is 430 g/mol. The fraction of sp³-hybridized carbons (Fsp3) is 0.318. The van der Waals surface area contributed by atoms with Crippen LogP contribution in [0.5, 0.6) is 0 Å². The number of amides is 1. The van der Waals surface area contributed by atoms with Crippen LogP contribution in [0.3, 0.4) is 0 Å². The molecule has 0 N–H and O–H groups in total. The average molecular weight is 431 g/mol. The van der Waals surface area contributed by atoms with E-state index in [0.29, 0.717) is 23.6 Å². The van der Waals surface area contributed by atoms with Gasteiger partial charge in [-0.15, -0.1) is 0 Å². The molecule has 1 aliphatic rings. The maximum absolute atomic E-state index is 13.0. The van der Waals surface area contributed by atoms with Crippen LogP contribution < -0.4 is 0 Å². The van der Waals surface area contributed by atoms with Crippen molar-refractivity contribution in [3.05, 3.63) is 70.9 Å². The molecule has 7 heteroatoms. The van der Waals surface area contributed by atoms with Gasteiger partial charge in [-0.2, -0.15) is 0 Å². The van der Waals surface area contributed by atoms with Crippen molar-refractivity contribution in [2.24, 2.45) is 7.05 Å². The molecule has 152 valence electrons. The van der Waals surface area contributed by atoms with E-state index in [1.54, 1.807) is 29.2 Å². The zero-order chi connectivity index (χ0) is 20.6. The van der Waals surface area contributed by atoms with Crippen LogP contribution in [0.4, 0.5) is 0 Å². The number of fused-ring (bicyclic) bond motifs is 1. The molecule has 2 aromatic carbocycles. The Morgan fingerprint density at radius 1 is 1.10 bits per heavy atom. The van der Waals surface area contributed by atoms with Gasteiger partial charge in [-0.1, -0.05) is 48.0 Å². The standard InChI is InChI=1S/C22H23ClN2O3S/c1-24-15-16(17-6-3-5-9-20(17)24)14-22(26)25-11-10-21(29(27,28)13-12-25)18-7-2-4-8-19(18)23/h2-9,15,21H,10-14H2,1H3/t21-/m1/s1. The van der Waals surface area contributed by atoms with E-state index in [0.717, 1.165) is 16.5 Å². The van der Waals surface area contributed by atoms with Crippen molar-refractivity contribution in [1.29, 1.82) is 0 Å². The van der Waals surface area contributed by atoms with E-state index >= 15 is 0 Å². The topological polar surface area (TPSA) is 59.4 Å². The Morgan fingerprint density at radius 3 is 2.62 bits per heavy atom. The summed E-state index contributed by atoms with van der Waals surface area (Å²) in [6, 6.07) is 15.0. The van der Waals surface area contributed by atoms with Gasteiger partial charge in [0.1, 0.15) is 0 Å². The summed E-state index contributed by atoms with van der Waals surface area (Å²) in [5.74, 6) is -0.0965. The van der Waals surface area contributed by atoms with Crippen LogP contribution in [-0.4, -0.2) is 42.6 Å². The molecule has 29 heavy (non-hydrogen) atoms. The molecule has 0 bridgehead atoms. The first-order chi connectivity index (χ1) is 13.9. The summed E-state index contributed by atoms with van der Waals surface area (Å²) < 4.78 is 27.7. The Balaban J connectivity index is 1.54. The van der Waals surface area contributed by atoms with Gasteiger partial charge in [0.15, 0.2) is 9.84 Å². The quantitative estimate of drug-likeness (QED) is 0.635. The number of rotatable bonds is 3. The summed E-state index contributed by atoms with van der Waals surface area (Å²) >= 11 is 6.25.